The molecule has 0 saturated carbocycles. The van der Waals surface area contributed by atoms with Crippen LogP contribution in [0, 0.1) is 0 Å². The third-order valence-electron chi connectivity index (χ3n) is 9.18. The van der Waals surface area contributed by atoms with E-state index in [9.17, 15) is 14.7 Å². The Morgan fingerprint density at radius 2 is 1.80 bits per heavy atom. The highest BCUT2D eigenvalue weighted by molar-refractivity contribution is 7.17. The number of aliphatic hydroxyl groups is 1. The zero-order valence-corrected chi connectivity index (χ0v) is 25.5. The van der Waals surface area contributed by atoms with Gasteiger partial charge in [-0.3, -0.25) is 19.5 Å². The van der Waals surface area contributed by atoms with Gasteiger partial charge in [-0.2, -0.15) is 0 Å². The number of thiazole rings is 1. The molecule has 0 unspecified atom stereocenters. The molecular formula is C32H36N8O3S. The molecule has 3 aliphatic heterocycles. The summed E-state index contributed by atoms with van der Waals surface area (Å²) in [5.41, 5.74) is 6.21. The molecule has 0 aliphatic carbocycles. The monoisotopic (exact) mass is 612 g/mol. The first-order valence-electron chi connectivity index (χ1n) is 15.3. The molecule has 44 heavy (non-hydrogen) atoms. The first-order chi connectivity index (χ1) is 21.4. The SMILES string of the molecule is CC(=O)N1CCC(Nc2cc(C(=O)N3CC[C@@H](N4CCc5ccccc5C4)[C@H](O)C3)nc(-c3cncc4ncsc34)n2)CC1. The van der Waals surface area contributed by atoms with Crippen molar-refractivity contribution >= 4 is 39.2 Å². The van der Waals surface area contributed by atoms with Crippen LogP contribution in [0.3, 0.4) is 0 Å². The Morgan fingerprint density at radius 1 is 1.00 bits per heavy atom. The number of hydrogen-bond donors (Lipinski definition) is 2. The Hall–Kier alpha value is -4.00. The smallest absolute Gasteiger partial charge is 0.272 e. The molecule has 6 heterocycles. The van der Waals surface area contributed by atoms with E-state index >= 15 is 0 Å². The zero-order valence-electron chi connectivity index (χ0n) is 24.7. The van der Waals surface area contributed by atoms with Crippen molar-refractivity contribution in [3.63, 3.8) is 0 Å². The van der Waals surface area contributed by atoms with Gasteiger partial charge >= 0.3 is 0 Å². The van der Waals surface area contributed by atoms with Crippen molar-refractivity contribution in [2.75, 3.05) is 38.0 Å². The van der Waals surface area contributed by atoms with Gasteiger partial charge in [0.15, 0.2) is 5.82 Å². The maximum atomic E-state index is 14.0. The van der Waals surface area contributed by atoms with Crippen molar-refractivity contribution in [1.82, 2.24) is 34.6 Å². The first-order valence-corrected chi connectivity index (χ1v) is 16.2. The highest BCUT2D eigenvalue weighted by Gasteiger charge is 2.36. The Labute approximate surface area is 260 Å². The van der Waals surface area contributed by atoms with Gasteiger partial charge in [0, 0.05) is 70.5 Å². The van der Waals surface area contributed by atoms with Crippen molar-refractivity contribution in [3.8, 4) is 11.4 Å². The van der Waals surface area contributed by atoms with Crippen LogP contribution in [-0.4, -0.2) is 102 Å². The standard InChI is InChI=1S/C32H36N8O3S/c1-20(41)38-11-7-23(8-12-38)35-29-14-25(36-31(37-29)24-15-33-16-26-30(24)44-19-34-26)32(43)40-13-9-27(28(42)18-40)39-10-6-21-4-2-3-5-22(21)17-39/h2-5,14-16,19,23,27-28,42H,6-13,17-18H2,1H3,(H,35,36,37)/t27-,28-/m1/s1. The highest BCUT2D eigenvalue weighted by Crippen LogP contribution is 2.30. The van der Waals surface area contributed by atoms with Crippen LogP contribution in [0.1, 0.15) is 47.8 Å². The summed E-state index contributed by atoms with van der Waals surface area (Å²) in [7, 11) is 0. The van der Waals surface area contributed by atoms with Crippen LogP contribution >= 0.6 is 11.3 Å². The number of nitrogens with zero attached hydrogens (tertiary/aromatic N) is 7. The topological polar surface area (TPSA) is 128 Å². The summed E-state index contributed by atoms with van der Waals surface area (Å²) in [6.07, 6.45) is 6.00. The number of β-amino-alcohol motifs (C(OH)–C–C–N with tert-alkyl or cyclic N) is 1. The third kappa shape index (κ3) is 5.76. The lowest BCUT2D eigenvalue weighted by Crippen LogP contribution is -2.56. The van der Waals surface area contributed by atoms with Crippen molar-refractivity contribution in [2.45, 2.75) is 57.3 Å². The van der Waals surface area contributed by atoms with Crippen LogP contribution in [0.25, 0.3) is 21.6 Å². The van der Waals surface area contributed by atoms with E-state index in [1.54, 1.807) is 35.8 Å². The number of hydrogen-bond acceptors (Lipinski definition) is 10. The van der Waals surface area contributed by atoms with Gasteiger partial charge in [-0.15, -0.1) is 11.3 Å². The lowest BCUT2D eigenvalue weighted by Gasteiger charge is -2.43. The van der Waals surface area contributed by atoms with Gasteiger partial charge in [-0.05, 0) is 36.8 Å². The van der Waals surface area contributed by atoms with E-state index in [0.717, 1.165) is 48.1 Å². The van der Waals surface area contributed by atoms with Crippen LogP contribution in [-0.2, 0) is 17.8 Å². The summed E-state index contributed by atoms with van der Waals surface area (Å²) in [5.74, 6) is 0.823. The fourth-order valence-corrected chi connectivity index (χ4v) is 7.51. The number of anilines is 1. The van der Waals surface area contributed by atoms with Crippen molar-refractivity contribution in [3.05, 3.63) is 65.1 Å². The van der Waals surface area contributed by atoms with E-state index in [4.69, 9.17) is 9.97 Å². The minimum absolute atomic E-state index is 0.00136. The molecule has 2 amide bonds. The molecule has 0 radical (unpaired) electrons. The van der Waals surface area contributed by atoms with Crippen LogP contribution < -0.4 is 5.32 Å². The number of amides is 2. The maximum absolute atomic E-state index is 14.0. The number of carbonyl (C=O) groups excluding carboxylic acids is 2. The Kier molecular flexibility index (Phi) is 7.96. The molecule has 4 aromatic rings. The number of aromatic nitrogens is 4. The fourth-order valence-electron chi connectivity index (χ4n) is 6.74. The predicted octanol–water partition coefficient (Wildman–Crippen LogP) is 3.20. The molecule has 0 bridgehead atoms. The number of nitrogens with one attached hydrogen (secondary N) is 1. The number of carbonyl (C=O) groups is 2. The molecule has 1 aromatic carbocycles. The van der Waals surface area contributed by atoms with Gasteiger partial charge in [-0.1, -0.05) is 24.3 Å². The van der Waals surface area contributed by atoms with Crippen molar-refractivity contribution in [1.29, 1.82) is 0 Å². The third-order valence-corrected chi connectivity index (χ3v) is 10.1. The molecule has 2 fully saturated rings. The quantitative estimate of drug-likeness (QED) is 0.349. The lowest BCUT2D eigenvalue weighted by molar-refractivity contribution is -0.129. The Morgan fingerprint density at radius 3 is 2.59 bits per heavy atom. The van der Waals surface area contributed by atoms with Gasteiger partial charge in [-0.25, -0.2) is 15.0 Å². The average Bonchev–Trinajstić information content (AvgIpc) is 3.54. The highest BCUT2D eigenvalue weighted by atomic mass is 32.1. The molecule has 228 valence electrons. The van der Waals surface area contributed by atoms with Crippen LogP contribution in [0.2, 0.25) is 0 Å². The summed E-state index contributed by atoms with van der Waals surface area (Å²) < 4.78 is 0.907. The molecule has 2 saturated heterocycles. The predicted molar refractivity (Wildman–Crippen MR) is 168 cm³/mol. The van der Waals surface area contributed by atoms with Gasteiger partial charge in [0.2, 0.25) is 5.91 Å². The molecule has 2 atom stereocenters. The molecule has 2 N–H and O–H groups in total. The zero-order chi connectivity index (χ0) is 30.2. The van der Waals surface area contributed by atoms with E-state index in [0.29, 0.717) is 37.7 Å². The summed E-state index contributed by atoms with van der Waals surface area (Å²) in [6, 6.07) is 10.3. The van der Waals surface area contributed by atoms with E-state index < -0.39 is 6.10 Å². The fraction of sp³-hybridized carbons (Fsp3) is 0.438. The number of benzene rings is 1. The molecule has 11 nitrogen and oxygen atoms in total. The van der Waals surface area contributed by atoms with Crippen LogP contribution in [0.15, 0.2) is 48.2 Å². The average molecular weight is 613 g/mol. The minimum atomic E-state index is -0.654. The van der Waals surface area contributed by atoms with Gasteiger partial charge in [0.1, 0.15) is 17.0 Å². The number of rotatable bonds is 5. The molecular weight excluding hydrogens is 576 g/mol. The van der Waals surface area contributed by atoms with Gasteiger partial charge in [0.05, 0.1) is 28.1 Å². The maximum Gasteiger partial charge on any atom is 0.272 e. The summed E-state index contributed by atoms with van der Waals surface area (Å²) in [6.45, 7) is 5.46. The normalized spacial score (nSPS) is 21.3. The lowest BCUT2D eigenvalue weighted by atomic mass is 9.94. The van der Waals surface area contributed by atoms with E-state index in [1.807, 2.05) is 4.90 Å². The van der Waals surface area contributed by atoms with E-state index in [2.05, 4.69) is 44.5 Å². The van der Waals surface area contributed by atoms with Crippen molar-refractivity contribution in [2.24, 2.45) is 0 Å². The number of piperidine rings is 2. The van der Waals surface area contributed by atoms with E-state index in [1.165, 1.54) is 22.5 Å². The Balaban J connectivity index is 1.12. The van der Waals surface area contributed by atoms with Crippen LogP contribution in [0.4, 0.5) is 5.82 Å². The number of pyridine rings is 1. The largest absolute Gasteiger partial charge is 0.390 e. The minimum Gasteiger partial charge on any atom is -0.390 e. The van der Waals surface area contributed by atoms with Crippen LogP contribution in [0.5, 0.6) is 0 Å². The molecule has 12 heteroatoms. The van der Waals surface area contributed by atoms with Gasteiger partial charge < -0.3 is 20.2 Å². The summed E-state index contributed by atoms with van der Waals surface area (Å²) >= 11 is 1.48. The van der Waals surface area contributed by atoms with Crippen molar-refractivity contribution < 1.29 is 14.7 Å². The molecule has 0 spiro atoms. The molecule has 3 aliphatic rings. The number of aliphatic hydroxyl groups excluding tert-OH is 1. The summed E-state index contributed by atoms with van der Waals surface area (Å²) in [4.78, 5) is 50.0. The summed E-state index contributed by atoms with van der Waals surface area (Å²) in [5, 5.41) is 14.8. The second kappa shape index (κ2) is 12.2. The van der Waals surface area contributed by atoms with E-state index in [-0.39, 0.29) is 36.1 Å². The second-order valence-corrected chi connectivity index (χ2v) is 12.8. The number of likely N-dealkylation sites (tertiary alicyclic amines) is 2. The first kappa shape index (κ1) is 28.8. The number of fused-ring (bicyclic) bond motifs is 2. The molecule has 7 rings (SSSR count). The van der Waals surface area contributed by atoms with Gasteiger partial charge in [0.25, 0.3) is 5.91 Å². The molecule has 3 aromatic heterocycles. The second-order valence-electron chi connectivity index (χ2n) is 11.9. The Bertz CT molecular complexity index is 1690.